The highest BCUT2D eigenvalue weighted by Gasteiger charge is 2.13. The minimum Gasteiger partial charge on any atom is -0.459 e. The number of aryl methyl sites for hydroxylation is 1. The van der Waals surface area contributed by atoms with Gasteiger partial charge in [0.1, 0.15) is 17.2 Å². The van der Waals surface area contributed by atoms with Crippen LogP contribution in [-0.2, 0) is 13.0 Å². The molecule has 0 unspecified atom stereocenters. The van der Waals surface area contributed by atoms with Gasteiger partial charge in [0.15, 0.2) is 0 Å². The Morgan fingerprint density at radius 1 is 1.22 bits per heavy atom. The third-order valence-electron chi connectivity index (χ3n) is 3.05. The fourth-order valence-corrected chi connectivity index (χ4v) is 2.22. The lowest BCUT2D eigenvalue weighted by atomic mass is 10.1. The van der Waals surface area contributed by atoms with E-state index < -0.39 is 0 Å². The molecule has 2 nitrogen and oxygen atoms in total. The zero-order valence-electron chi connectivity index (χ0n) is 11.1. The summed E-state index contributed by atoms with van der Waals surface area (Å²) in [4.78, 5) is 0. The molecule has 1 heterocycles. The van der Waals surface area contributed by atoms with Gasteiger partial charge in [-0.1, -0.05) is 20.3 Å². The van der Waals surface area contributed by atoms with Gasteiger partial charge in [-0.15, -0.1) is 0 Å². The highest BCUT2D eigenvalue weighted by molar-refractivity contribution is 5.82. The lowest BCUT2D eigenvalue weighted by Crippen LogP contribution is -2.14. The first-order valence-corrected chi connectivity index (χ1v) is 6.66. The summed E-state index contributed by atoms with van der Waals surface area (Å²) in [5, 5.41) is 4.26. The number of hydrogen-bond acceptors (Lipinski definition) is 2. The quantitative estimate of drug-likeness (QED) is 0.782. The lowest BCUT2D eigenvalue weighted by molar-refractivity contribution is 0.506. The molecule has 0 aliphatic heterocycles. The second-order valence-corrected chi connectivity index (χ2v) is 4.57. The Kier molecular flexibility index (Phi) is 4.37. The molecule has 0 fully saturated rings. The third-order valence-corrected chi connectivity index (χ3v) is 3.05. The molecule has 0 spiro atoms. The molecule has 0 aliphatic rings. The van der Waals surface area contributed by atoms with Crippen LogP contribution in [0.2, 0.25) is 0 Å². The van der Waals surface area contributed by atoms with E-state index in [2.05, 4.69) is 19.2 Å². The summed E-state index contributed by atoms with van der Waals surface area (Å²) in [6, 6.07) is 4.74. The van der Waals surface area contributed by atoms with Crippen LogP contribution >= 0.6 is 0 Å². The summed E-state index contributed by atoms with van der Waals surface area (Å²) in [6.07, 6.45) is 3.06. The summed E-state index contributed by atoms with van der Waals surface area (Å²) in [5.74, 6) is 0.750. The smallest absolute Gasteiger partial charge is 0.134 e. The Morgan fingerprint density at radius 2 is 2.06 bits per heavy atom. The van der Waals surface area contributed by atoms with Crippen molar-refractivity contribution in [2.75, 3.05) is 6.54 Å². The van der Waals surface area contributed by atoms with Crippen LogP contribution in [0.15, 0.2) is 22.6 Å². The van der Waals surface area contributed by atoms with Crippen LogP contribution in [0.5, 0.6) is 0 Å². The molecule has 18 heavy (non-hydrogen) atoms. The number of furan rings is 1. The van der Waals surface area contributed by atoms with E-state index in [0.29, 0.717) is 0 Å². The molecule has 0 saturated carbocycles. The van der Waals surface area contributed by atoms with E-state index in [9.17, 15) is 4.39 Å². The molecule has 2 aromatic rings. The Morgan fingerprint density at radius 3 is 2.78 bits per heavy atom. The van der Waals surface area contributed by atoms with Gasteiger partial charge in [-0.25, -0.2) is 4.39 Å². The summed E-state index contributed by atoms with van der Waals surface area (Å²) in [7, 11) is 0. The number of rotatable bonds is 6. The predicted molar refractivity (Wildman–Crippen MR) is 72.2 cm³/mol. The highest BCUT2D eigenvalue weighted by atomic mass is 19.1. The molecule has 0 bridgehead atoms. The summed E-state index contributed by atoms with van der Waals surface area (Å²) in [5.41, 5.74) is 1.93. The second-order valence-electron chi connectivity index (χ2n) is 4.57. The molecule has 0 aliphatic carbocycles. The normalized spacial score (nSPS) is 11.3. The van der Waals surface area contributed by atoms with Gasteiger partial charge < -0.3 is 9.73 Å². The van der Waals surface area contributed by atoms with Crippen molar-refractivity contribution in [1.82, 2.24) is 5.32 Å². The van der Waals surface area contributed by atoms with E-state index in [4.69, 9.17) is 4.42 Å². The summed E-state index contributed by atoms with van der Waals surface area (Å²) >= 11 is 0. The second kappa shape index (κ2) is 6.01. The maximum absolute atomic E-state index is 13.3. The van der Waals surface area contributed by atoms with E-state index in [1.807, 2.05) is 0 Å². The van der Waals surface area contributed by atoms with Crippen molar-refractivity contribution in [1.29, 1.82) is 0 Å². The van der Waals surface area contributed by atoms with Crippen LogP contribution in [-0.4, -0.2) is 6.54 Å². The largest absolute Gasteiger partial charge is 0.459 e. The molecule has 0 saturated heterocycles. The zero-order valence-corrected chi connectivity index (χ0v) is 11.1. The van der Waals surface area contributed by atoms with Gasteiger partial charge in [-0.2, -0.15) is 0 Å². The van der Waals surface area contributed by atoms with Gasteiger partial charge >= 0.3 is 0 Å². The van der Waals surface area contributed by atoms with Crippen LogP contribution < -0.4 is 5.32 Å². The number of hydrogen-bond donors (Lipinski definition) is 1. The number of fused-ring (bicyclic) bond motifs is 1. The van der Waals surface area contributed by atoms with Crippen LogP contribution in [0, 0.1) is 5.82 Å². The van der Waals surface area contributed by atoms with Gasteiger partial charge in [0.2, 0.25) is 0 Å². The average Bonchev–Trinajstić information content (AvgIpc) is 2.68. The summed E-state index contributed by atoms with van der Waals surface area (Å²) in [6.45, 7) is 5.95. The van der Waals surface area contributed by atoms with E-state index >= 15 is 0 Å². The Hall–Kier alpha value is -1.35. The van der Waals surface area contributed by atoms with E-state index in [0.717, 1.165) is 54.6 Å². The maximum Gasteiger partial charge on any atom is 0.134 e. The van der Waals surface area contributed by atoms with E-state index in [-0.39, 0.29) is 5.82 Å². The first-order valence-electron chi connectivity index (χ1n) is 6.66. The molecule has 1 N–H and O–H groups in total. The van der Waals surface area contributed by atoms with E-state index in [1.54, 1.807) is 12.1 Å². The standard InChI is InChI=1S/C15H20FNO/c1-3-5-12-13-9-11(16)6-7-14(13)18-15(12)10-17-8-4-2/h6-7,9,17H,3-5,8,10H2,1-2H3. The van der Waals surface area contributed by atoms with Crippen molar-refractivity contribution in [3.63, 3.8) is 0 Å². The van der Waals surface area contributed by atoms with Crippen molar-refractivity contribution in [3.8, 4) is 0 Å². The fourth-order valence-electron chi connectivity index (χ4n) is 2.22. The molecule has 0 amide bonds. The Bertz CT molecular complexity index is 518. The molecule has 1 aromatic heterocycles. The number of halogens is 1. The number of benzene rings is 1. The Labute approximate surface area is 107 Å². The highest BCUT2D eigenvalue weighted by Crippen LogP contribution is 2.27. The SMILES string of the molecule is CCCNCc1oc2ccc(F)cc2c1CCC. The van der Waals surface area contributed by atoms with Gasteiger partial charge in [0, 0.05) is 10.9 Å². The molecule has 2 rings (SSSR count). The molecular formula is C15H20FNO. The minimum atomic E-state index is -0.200. The van der Waals surface area contributed by atoms with Gasteiger partial charge in [0.25, 0.3) is 0 Å². The predicted octanol–water partition coefficient (Wildman–Crippen LogP) is 4.02. The van der Waals surface area contributed by atoms with Crippen molar-refractivity contribution in [3.05, 3.63) is 35.3 Å². The lowest BCUT2D eigenvalue weighted by Gasteiger charge is -2.03. The van der Waals surface area contributed by atoms with Gasteiger partial charge in [-0.3, -0.25) is 0 Å². The van der Waals surface area contributed by atoms with Crippen molar-refractivity contribution < 1.29 is 8.81 Å². The molecule has 0 radical (unpaired) electrons. The zero-order chi connectivity index (χ0) is 13.0. The average molecular weight is 249 g/mol. The minimum absolute atomic E-state index is 0.200. The van der Waals surface area contributed by atoms with Crippen LogP contribution in [0.3, 0.4) is 0 Å². The molecule has 1 aromatic carbocycles. The molecular weight excluding hydrogens is 229 g/mol. The first kappa shape index (κ1) is 13.1. The van der Waals surface area contributed by atoms with Gasteiger partial charge in [0.05, 0.1) is 6.54 Å². The maximum atomic E-state index is 13.3. The van der Waals surface area contributed by atoms with Crippen molar-refractivity contribution in [2.45, 2.75) is 39.7 Å². The topological polar surface area (TPSA) is 25.2 Å². The van der Waals surface area contributed by atoms with Crippen LogP contribution in [0.4, 0.5) is 4.39 Å². The van der Waals surface area contributed by atoms with Crippen LogP contribution in [0.25, 0.3) is 11.0 Å². The van der Waals surface area contributed by atoms with E-state index in [1.165, 1.54) is 6.07 Å². The van der Waals surface area contributed by atoms with Crippen molar-refractivity contribution in [2.24, 2.45) is 0 Å². The van der Waals surface area contributed by atoms with Crippen molar-refractivity contribution >= 4 is 11.0 Å². The number of nitrogens with one attached hydrogen (secondary N) is 1. The first-order chi connectivity index (χ1) is 8.76. The third kappa shape index (κ3) is 2.72. The molecule has 98 valence electrons. The summed E-state index contributed by atoms with van der Waals surface area (Å²) < 4.78 is 19.1. The molecule has 0 atom stereocenters. The van der Waals surface area contributed by atoms with Crippen LogP contribution in [0.1, 0.15) is 38.0 Å². The molecule has 3 heteroatoms. The Balaban J connectivity index is 2.35. The monoisotopic (exact) mass is 249 g/mol. The fraction of sp³-hybridized carbons (Fsp3) is 0.467. The van der Waals surface area contributed by atoms with Gasteiger partial charge in [-0.05, 0) is 37.6 Å².